The van der Waals surface area contributed by atoms with Crippen molar-refractivity contribution >= 4 is 11.7 Å². The monoisotopic (exact) mass is 505 g/mol. The van der Waals surface area contributed by atoms with Crippen LogP contribution in [0.5, 0.6) is 0 Å². The Labute approximate surface area is 225 Å². The topological polar surface area (TPSA) is 73.2 Å². The molecule has 1 N–H and O–H groups in total. The zero-order chi connectivity index (χ0) is 26.5. The first-order chi connectivity index (χ1) is 18.5. The molecular weight excluding hydrogens is 470 g/mol. The Bertz CT molecular complexity index is 1350. The second kappa shape index (κ2) is 11.3. The van der Waals surface area contributed by atoms with Crippen molar-refractivity contribution in [2.45, 2.75) is 64.0 Å². The lowest BCUT2D eigenvalue weighted by Gasteiger charge is -2.40. The van der Waals surface area contributed by atoms with E-state index in [4.69, 9.17) is 0 Å². The number of nitrogens with one attached hydrogen (secondary N) is 1. The number of amides is 1. The Kier molecular flexibility index (Phi) is 7.72. The summed E-state index contributed by atoms with van der Waals surface area (Å²) in [5.74, 6) is 0.0477. The Hall–Kier alpha value is -3.75. The highest BCUT2D eigenvalue weighted by atomic mass is 16.1. The quantitative estimate of drug-likeness (QED) is 0.382. The summed E-state index contributed by atoms with van der Waals surface area (Å²) >= 11 is 0. The minimum absolute atomic E-state index is 0.00645. The van der Waals surface area contributed by atoms with Crippen molar-refractivity contribution in [3.63, 3.8) is 0 Å². The summed E-state index contributed by atoms with van der Waals surface area (Å²) in [5.41, 5.74) is 6.50. The fraction of sp³-hybridized carbons (Fsp3) is 0.364. The second-order valence-corrected chi connectivity index (χ2v) is 10.8. The summed E-state index contributed by atoms with van der Waals surface area (Å²) < 4.78 is 0. The minimum atomic E-state index is -0.175. The van der Waals surface area contributed by atoms with Crippen LogP contribution in [0.25, 0.3) is 11.1 Å². The number of ketones is 1. The number of hydrogen-bond donors (Lipinski definition) is 1. The molecular formula is C33H35N3O2. The SMILES string of the molecule is CC(=O)c1ccc(-c2ccc(C(=O)NC3(CCN4CCc5c(C#N)cccc5C4)CCCCC3)cc2)cc1. The third-order valence-electron chi connectivity index (χ3n) is 8.33. The van der Waals surface area contributed by atoms with Gasteiger partial charge in [0, 0.05) is 36.3 Å². The van der Waals surface area contributed by atoms with Crippen LogP contribution in [-0.2, 0) is 13.0 Å². The lowest BCUT2D eigenvalue weighted by atomic mass is 9.78. The molecule has 5 rings (SSSR count). The number of nitrogens with zero attached hydrogens (tertiary/aromatic N) is 2. The molecule has 0 spiro atoms. The van der Waals surface area contributed by atoms with E-state index in [1.807, 2.05) is 60.7 Å². The smallest absolute Gasteiger partial charge is 0.251 e. The summed E-state index contributed by atoms with van der Waals surface area (Å²) in [6, 6.07) is 23.7. The average molecular weight is 506 g/mol. The van der Waals surface area contributed by atoms with E-state index in [2.05, 4.69) is 22.4 Å². The molecule has 1 aliphatic carbocycles. The Morgan fingerprint density at radius 3 is 2.21 bits per heavy atom. The van der Waals surface area contributed by atoms with Crippen molar-refractivity contribution in [1.82, 2.24) is 10.2 Å². The molecule has 0 saturated heterocycles. The number of rotatable bonds is 7. The molecule has 1 fully saturated rings. The third kappa shape index (κ3) is 5.71. The summed E-state index contributed by atoms with van der Waals surface area (Å²) in [6.07, 6.45) is 7.38. The summed E-state index contributed by atoms with van der Waals surface area (Å²) in [4.78, 5) is 27.4. The fourth-order valence-electron chi connectivity index (χ4n) is 6.03. The molecule has 3 aromatic rings. The standard InChI is InChI=1S/C33H35N3O2/c1-24(37)25-8-10-26(11-9-25)27-12-14-28(15-13-27)32(38)35-33(17-3-2-4-18-33)19-21-36-20-16-31-29(22-34)6-5-7-30(31)23-36/h5-15H,2-4,16-21,23H2,1H3,(H,35,38). The number of carbonyl (C=O) groups is 2. The van der Waals surface area contributed by atoms with Gasteiger partial charge in [-0.3, -0.25) is 14.5 Å². The van der Waals surface area contributed by atoms with E-state index in [0.717, 1.165) is 74.8 Å². The number of Topliss-reactive ketones (excluding diaryl/α,β-unsaturated/α-hetero) is 1. The summed E-state index contributed by atoms with van der Waals surface area (Å²) in [7, 11) is 0. The maximum Gasteiger partial charge on any atom is 0.251 e. The molecule has 3 aromatic carbocycles. The minimum Gasteiger partial charge on any atom is -0.347 e. The van der Waals surface area contributed by atoms with Gasteiger partial charge in [-0.2, -0.15) is 5.26 Å². The normalized spacial score (nSPS) is 16.7. The lowest BCUT2D eigenvalue weighted by molar-refractivity contribution is 0.0840. The van der Waals surface area contributed by atoms with Crippen LogP contribution in [-0.4, -0.2) is 35.2 Å². The van der Waals surface area contributed by atoms with Crippen LogP contribution in [0, 0.1) is 11.3 Å². The van der Waals surface area contributed by atoms with Crippen LogP contribution in [0.15, 0.2) is 66.7 Å². The molecule has 5 nitrogen and oxygen atoms in total. The predicted octanol–water partition coefficient (Wildman–Crippen LogP) is 6.31. The van der Waals surface area contributed by atoms with E-state index in [1.165, 1.54) is 17.5 Å². The Morgan fingerprint density at radius 2 is 1.58 bits per heavy atom. The van der Waals surface area contributed by atoms with Gasteiger partial charge in [-0.25, -0.2) is 0 Å². The second-order valence-electron chi connectivity index (χ2n) is 10.8. The number of benzene rings is 3. The van der Waals surface area contributed by atoms with Crippen LogP contribution in [0.1, 0.15) is 82.9 Å². The first kappa shape index (κ1) is 25.9. The fourth-order valence-corrected chi connectivity index (χ4v) is 6.03. The summed E-state index contributed by atoms with van der Waals surface area (Å²) in [6.45, 7) is 4.32. The molecule has 0 radical (unpaired) electrons. The van der Waals surface area contributed by atoms with Crippen LogP contribution in [0.4, 0.5) is 0 Å². The van der Waals surface area contributed by atoms with Gasteiger partial charge in [0.1, 0.15) is 0 Å². The predicted molar refractivity (Wildman–Crippen MR) is 150 cm³/mol. The van der Waals surface area contributed by atoms with E-state index in [1.54, 1.807) is 6.92 Å². The molecule has 0 atom stereocenters. The molecule has 1 heterocycles. The molecule has 0 aromatic heterocycles. The van der Waals surface area contributed by atoms with Crippen molar-refractivity contribution in [2.24, 2.45) is 0 Å². The third-order valence-corrected chi connectivity index (χ3v) is 8.33. The lowest BCUT2D eigenvalue weighted by Crippen LogP contribution is -2.51. The molecule has 2 aliphatic rings. The van der Waals surface area contributed by atoms with Gasteiger partial charge >= 0.3 is 0 Å². The zero-order valence-electron chi connectivity index (χ0n) is 22.1. The number of carbonyl (C=O) groups excluding carboxylic acids is 2. The van der Waals surface area contributed by atoms with Crippen LogP contribution in [0.3, 0.4) is 0 Å². The maximum absolute atomic E-state index is 13.4. The van der Waals surface area contributed by atoms with E-state index in [0.29, 0.717) is 11.1 Å². The van der Waals surface area contributed by atoms with E-state index < -0.39 is 0 Å². The van der Waals surface area contributed by atoms with Gasteiger partial charge < -0.3 is 5.32 Å². The first-order valence-electron chi connectivity index (χ1n) is 13.7. The Balaban J connectivity index is 1.24. The van der Waals surface area contributed by atoms with Gasteiger partial charge in [0.2, 0.25) is 0 Å². The van der Waals surface area contributed by atoms with Crippen molar-refractivity contribution in [2.75, 3.05) is 13.1 Å². The number of fused-ring (bicyclic) bond motifs is 1. The van der Waals surface area contributed by atoms with E-state index in [9.17, 15) is 14.9 Å². The van der Waals surface area contributed by atoms with Crippen LogP contribution < -0.4 is 5.32 Å². The van der Waals surface area contributed by atoms with Gasteiger partial charge in [0.05, 0.1) is 11.6 Å². The molecule has 194 valence electrons. The van der Waals surface area contributed by atoms with Gasteiger partial charge in [-0.1, -0.05) is 67.8 Å². The maximum atomic E-state index is 13.4. The molecule has 0 unspecified atom stereocenters. The number of nitriles is 1. The van der Waals surface area contributed by atoms with E-state index >= 15 is 0 Å². The van der Waals surface area contributed by atoms with Gasteiger partial charge in [0.25, 0.3) is 5.91 Å². The molecule has 1 amide bonds. The highest BCUT2D eigenvalue weighted by molar-refractivity contribution is 5.96. The zero-order valence-corrected chi connectivity index (χ0v) is 22.1. The van der Waals surface area contributed by atoms with Crippen molar-refractivity contribution in [3.05, 3.63) is 94.5 Å². The first-order valence-corrected chi connectivity index (χ1v) is 13.7. The highest BCUT2D eigenvalue weighted by Crippen LogP contribution is 2.33. The van der Waals surface area contributed by atoms with Crippen molar-refractivity contribution in [3.8, 4) is 17.2 Å². The van der Waals surface area contributed by atoms with Crippen LogP contribution >= 0.6 is 0 Å². The van der Waals surface area contributed by atoms with Gasteiger partial charge in [0.15, 0.2) is 5.78 Å². The van der Waals surface area contributed by atoms with Gasteiger partial charge in [-0.15, -0.1) is 0 Å². The van der Waals surface area contributed by atoms with Gasteiger partial charge in [-0.05, 0) is 73.1 Å². The average Bonchev–Trinajstić information content (AvgIpc) is 2.96. The van der Waals surface area contributed by atoms with Crippen molar-refractivity contribution in [1.29, 1.82) is 5.26 Å². The molecule has 1 aliphatic heterocycles. The molecule has 0 bridgehead atoms. The largest absolute Gasteiger partial charge is 0.347 e. The Morgan fingerprint density at radius 1 is 0.921 bits per heavy atom. The molecule has 38 heavy (non-hydrogen) atoms. The molecule has 5 heteroatoms. The highest BCUT2D eigenvalue weighted by Gasteiger charge is 2.34. The summed E-state index contributed by atoms with van der Waals surface area (Å²) in [5, 5.41) is 12.9. The number of hydrogen-bond acceptors (Lipinski definition) is 4. The van der Waals surface area contributed by atoms with Crippen molar-refractivity contribution < 1.29 is 9.59 Å². The van der Waals surface area contributed by atoms with E-state index in [-0.39, 0.29) is 17.2 Å². The van der Waals surface area contributed by atoms with Crippen LogP contribution in [0.2, 0.25) is 0 Å². The molecule has 1 saturated carbocycles.